The van der Waals surface area contributed by atoms with E-state index in [-0.39, 0.29) is 5.91 Å². The first-order valence-corrected chi connectivity index (χ1v) is 9.17. The van der Waals surface area contributed by atoms with Crippen LogP contribution in [0.3, 0.4) is 0 Å². The van der Waals surface area contributed by atoms with Gasteiger partial charge >= 0.3 is 5.97 Å². The lowest BCUT2D eigenvalue weighted by atomic mass is 10.0. The highest BCUT2D eigenvalue weighted by Crippen LogP contribution is 2.23. The highest BCUT2D eigenvalue weighted by atomic mass is 16.5. The molecule has 3 rings (SSSR count). The van der Waals surface area contributed by atoms with Crippen LogP contribution in [-0.4, -0.2) is 24.0 Å². The minimum absolute atomic E-state index is 0.225. The zero-order valence-corrected chi connectivity index (χ0v) is 16.9. The van der Waals surface area contributed by atoms with Gasteiger partial charge < -0.3 is 15.4 Å². The van der Waals surface area contributed by atoms with Gasteiger partial charge in [-0.05, 0) is 62.2 Å². The Morgan fingerprint density at radius 2 is 1.52 bits per heavy atom. The summed E-state index contributed by atoms with van der Waals surface area (Å²) in [5, 5.41) is 6.16. The van der Waals surface area contributed by atoms with E-state index in [9.17, 15) is 9.59 Å². The molecule has 2 aromatic carbocycles. The Kier molecular flexibility index (Phi) is 5.93. The average molecular weight is 389 g/mol. The van der Waals surface area contributed by atoms with E-state index in [1.165, 1.54) is 13.3 Å². The van der Waals surface area contributed by atoms with E-state index in [0.717, 1.165) is 28.1 Å². The van der Waals surface area contributed by atoms with Crippen LogP contribution in [-0.2, 0) is 4.74 Å². The molecule has 2 N–H and O–H groups in total. The number of methoxy groups -OCH3 is 1. The Labute approximate surface area is 169 Å². The number of aromatic nitrogens is 1. The molecule has 0 bridgehead atoms. The third kappa shape index (κ3) is 4.79. The number of amides is 1. The van der Waals surface area contributed by atoms with Crippen molar-refractivity contribution in [2.45, 2.75) is 20.8 Å². The number of ether oxygens (including phenoxy) is 1. The van der Waals surface area contributed by atoms with Gasteiger partial charge in [0.05, 0.1) is 30.1 Å². The summed E-state index contributed by atoms with van der Waals surface area (Å²) in [6, 6.07) is 12.7. The summed E-state index contributed by atoms with van der Waals surface area (Å²) in [5.74, 6) is -0.615. The second kappa shape index (κ2) is 8.56. The van der Waals surface area contributed by atoms with Crippen LogP contribution >= 0.6 is 0 Å². The van der Waals surface area contributed by atoms with Crippen molar-refractivity contribution >= 4 is 28.9 Å². The maximum atomic E-state index is 12.7. The van der Waals surface area contributed by atoms with Gasteiger partial charge in [0.15, 0.2) is 0 Å². The van der Waals surface area contributed by atoms with Gasteiger partial charge in [0.25, 0.3) is 5.91 Å². The molecule has 0 fully saturated rings. The number of nitrogens with zero attached hydrogens (tertiary/aromatic N) is 1. The van der Waals surface area contributed by atoms with Gasteiger partial charge in [0, 0.05) is 17.6 Å². The largest absolute Gasteiger partial charge is 0.465 e. The molecule has 6 heteroatoms. The van der Waals surface area contributed by atoms with Gasteiger partial charge in [0.1, 0.15) is 0 Å². The predicted octanol–water partition coefficient (Wildman–Crippen LogP) is 4.79. The molecule has 1 aromatic heterocycles. The zero-order chi connectivity index (χ0) is 21.0. The summed E-state index contributed by atoms with van der Waals surface area (Å²) in [4.78, 5) is 28.4. The Balaban J connectivity index is 1.75. The first-order valence-electron chi connectivity index (χ1n) is 9.17. The number of rotatable bonds is 5. The zero-order valence-electron chi connectivity index (χ0n) is 16.9. The fourth-order valence-corrected chi connectivity index (χ4v) is 3.17. The minimum Gasteiger partial charge on any atom is -0.465 e. The van der Waals surface area contributed by atoms with Crippen molar-refractivity contribution in [1.29, 1.82) is 0 Å². The molecule has 0 aliphatic heterocycles. The number of carbonyl (C=O) groups is 2. The number of esters is 1. The summed E-state index contributed by atoms with van der Waals surface area (Å²) >= 11 is 0. The Bertz CT molecular complexity index is 1040. The first-order chi connectivity index (χ1) is 13.9. The van der Waals surface area contributed by atoms with E-state index < -0.39 is 5.97 Å². The van der Waals surface area contributed by atoms with Gasteiger partial charge in [-0.2, -0.15) is 0 Å². The molecular formula is C23H23N3O3. The fourth-order valence-electron chi connectivity index (χ4n) is 3.17. The van der Waals surface area contributed by atoms with Crippen molar-refractivity contribution < 1.29 is 14.3 Å². The van der Waals surface area contributed by atoms with Crippen LogP contribution in [0.25, 0.3) is 0 Å². The summed E-state index contributed by atoms with van der Waals surface area (Å²) < 4.78 is 4.69. The summed E-state index contributed by atoms with van der Waals surface area (Å²) in [5.41, 5.74) is 6.35. The van der Waals surface area contributed by atoms with Crippen LogP contribution in [0.4, 0.5) is 17.1 Å². The molecule has 0 aliphatic carbocycles. The van der Waals surface area contributed by atoms with Crippen LogP contribution in [0.15, 0.2) is 54.9 Å². The molecule has 1 amide bonds. The topological polar surface area (TPSA) is 80.3 Å². The number of pyridine rings is 1. The van der Waals surface area contributed by atoms with Crippen molar-refractivity contribution in [2.24, 2.45) is 0 Å². The van der Waals surface area contributed by atoms with Crippen LogP contribution in [0.1, 0.15) is 37.4 Å². The van der Waals surface area contributed by atoms with Crippen LogP contribution in [0.5, 0.6) is 0 Å². The number of carbonyl (C=O) groups excluding carboxylic acids is 2. The third-order valence-corrected chi connectivity index (χ3v) is 4.51. The van der Waals surface area contributed by atoms with Gasteiger partial charge in [-0.1, -0.05) is 17.7 Å². The number of hydrogen-bond acceptors (Lipinski definition) is 5. The molecule has 148 valence electrons. The highest BCUT2D eigenvalue weighted by Gasteiger charge is 2.12. The van der Waals surface area contributed by atoms with E-state index in [1.807, 2.05) is 32.9 Å². The maximum Gasteiger partial charge on any atom is 0.337 e. The SMILES string of the molecule is COC(=O)c1ccc(Nc2cncc(C(=O)Nc3c(C)cc(C)cc3C)c2)cc1. The molecule has 0 radical (unpaired) electrons. The smallest absolute Gasteiger partial charge is 0.337 e. The molecule has 0 spiro atoms. The molecule has 29 heavy (non-hydrogen) atoms. The summed E-state index contributed by atoms with van der Waals surface area (Å²) in [7, 11) is 1.34. The Hall–Kier alpha value is -3.67. The van der Waals surface area contributed by atoms with E-state index in [2.05, 4.69) is 15.6 Å². The predicted molar refractivity (Wildman–Crippen MR) is 114 cm³/mol. The molecule has 1 heterocycles. The Morgan fingerprint density at radius 3 is 2.14 bits per heavy atom. The van der Waals surface area contributed by atoms with Gasteiger partial charge in [-0.25, -0.2) is 4.79 Å². The number of benzene rings is 2. The van der Waals surface area contributed by atoms with Crippen LogP contribution in [0, 0.1) is 20.8 Å². The van der Waals surface area contributed by atoms with Gasteiger partial charge in [-0.3, -0.25) is 9.78 Å². The van der Waals surface area contributed by atoms with Crippen molar-refractivity contribution in [3.8, 4) is 0 Å². The lowest BCUT2D eigenvalue weighted by Gasteiger charge is -2.13. The average Bonchev–Trinajstić information content (AvgIpc) is 2.70. The molecule has 3 aromatic rings. The van der Waals surface area contributed by atoms with Crippen LogP contribution in [0.2, 0.25) is 0 Å². The molecule has 6 nitrogen and oxygen atoms in total. The fraction of sp³-hybridized carbons (Fsp3) is 0.174. The second-order valence-electron chi connectivity index (χ2n) is 6.88. The van der Waals surface area contributed by atoms with Crippen molar-refractivity contribution in [2.75, 3.05) is 17.7 Å². The molecule has 0 atom stereocenters. The second-order valence-corrected chi connectivity index (χ2v) is 6.88. The van der Waals surface area contributed by atoms with Gasteiger partial charge in [-0.15, -0.1) is 0 Å². The molecular weight excluding hydrogens is 366 g/mol. The van der Waals surface area contributed by atoms with Crippen LogP contribution < -0.4 is 10.6 Å². The molecule has 0 unspecified atom stereocenters. The summed E-state index contributed by atoms with van der Waals surface area (Å²) in [6.45, 7) is 5.98. The quantitative estimate of drug-likeness (QED) is 0.613. The van der Waals surface area contributed by atoms with E-state index >= 15 is 0 Å². The first kappa shape index (κ1) is 20.1. The molecule has 0 aliphatic rings. The lowest BCUT2D eigenvalue weighted by molar-refractivity contribution is 0.0600. The Morgan fingerprint density at radius 1 is 0.862 bits per heavy atom. The van der Waals surface area contributed by atoms with E-state index in [1.54, 1.807) is 36.5 Å². The van der Waals surface area contributed by atoms with Crippen molar-refractivity contribution in [1.82, 2.24) is 4.98 Å². The third-order valence-electron chi connectivity index (χ3n) is 4.51. The van der Waals surface area contributed by atoms with Gasteiger partial charge in [0.2, 0.25) is 0 Å². The monoisotopic (exact) mass is 389 g/mol. The van der Waals surface area contributed by atoms with E-state index in [4.69, 9.17) is 4.74 Å². The van der Waals surface area contributed by atoms with E-state index in [0.29, 0.717) is 16.8 Å². The number of anilines is 3. The normalized spacial score (nSPS) is 10.3. The molecule has 0 saturated carbocycles. The maximum absolute atomic E-state index is 12.7. The van der Waals surface area contributed by atoms with Crippen molar-refractivity contribution in [3.63, 3.8) is 0 Å². The standard InChI is InChI=1S/C23H23N3O3/c1-14-9-15(2)21(16(3)10-14)26-22(27)18-11-20(13-24-12-18)25-19-7-5-17(6-8-19)23(28)29-4/h5-13,25H,1-4H3,(H,26,27). The highest BCUT2D eigenvalue weighted by molar-refractivity contribution is 6.05. The number of nitrogens with one attached hydrogen (secondary N) is 2. The minimum atomic E-state index is -0.390. The molecule has 0 saturated heterocycles. The summed E-state index contributed by atoms with van der Waals surface area (Å²) in [6.07, 6.45) is 3.16. The van der Waals surface area contributed by atoms with Crippen molar-refractivity contribution in [3.05, 3.63) is 82.7 Å². The number of aryl methyl sites for hydroxylation is 3. The number of hydrogen-bond donors (Lipinski definition) is 2. The lowest BCUT2D eigenvalue weighted by Crippen LogP contribution is -2.14.